The van der Waals surface area contributed by atoms with Crippen LogP contribution in [0.3, 0.4) is 0 Å². The van der Waals surface area contributed by atoms with Crippen LogP contribution in [0, 0.1) is 5.82 Å². The van der Waals surface area contributed by atoms with Gasteiger partial charge in [-0.15, -0.1) is 0 Å². The number of imidazole rings is 1. The van der Waals surface area contributed by atoms with Crippen LogP contribution in [0.25, 0.3) is 11.0 Å². The largest absolute Gasteiger partial charge is 0.467 e. The molecule has 128 valence electrons. The van der Waals surface area contributed by atoms with E-state index >= 15 is 0 Å². The van der Waals surface area contributed by atoms with E-state index in [1.807, 2.05) is 0 Å². The van der Waals surface area contributed by atoms with Crippen molar-refractivity contribution in [1.82, 2.24) is 15.3 Å². The molecule has 6 nitrogen and oxygen atoms in total. The summed E-state index contributed by atoms with van der Waals surface area (Å²) in [6, 6.07) is 9.86. The Balaban J connectivity index is 1.77. The lowest BCUT2D eigenvalue weighted by Gasteiger charge is -2.16. The number of aromatic amines is 1. The summed E-state index contributed by atoms with van der Waals surface area (Å²) in [4.78, 5) is 31.5. The number of esters is 1. The maximum absolute atomic E-state index is 13.0. The summed E-state index contributed by atoms with van der Waals surface area (Å²) in [5.74, 6) is -1.34. The number of H-pyrrole nitrogens is 1. The number of hydrogen-bond donors (Lipinski definition) is 2. The zero-order chi connectivity index (χ0) is 17.8. The van der Waals surface area contributed by atoms with Crippen LogP contribution in [0.1, 0.15) is 15.9 Å². The van der Waals surface area contributed by atoms with E-state index in [4.69, 9.17) is 4.74 Å². The van der Waals surface area contributed by atoms with Crippen molar-refractivity contribution < 1.29 is 18.7 Å². The summed E-state index contributed by atoms with van der Waals surface area (Å²) < 4.78 is 17.8. The molecule has 2 aromatic carbocycles. The van der Waals surface area contributed by atoms with Crippen molar-refractivity contribution in [1.29, 1.82) is 0 Å². The molecule has 0 aliphatic rings. The van der Waals surface area contributed by atoms with Gasteiger partial charge in [-0.05, 0) is 35.9 Å². The van der Waals surface area contributed by atoms with Crippen LogP contribution in [0.5, 0.6) is 0 Å². The van der Waals surface area contributed by atoms with Gasteiger partial charge in [0, 0.05) is 12.0 Å². The van der Waals surface area contributed by atoms with E-state index in [1.165, 1.54) is 25.6 Å². The SMILES string of the molecule is COC(=O)[C@H](Cc1ccc(F)cc1)NC(=O)c1ccc2nc[nH]c2c1. The molecule has 3 rings (SSSR count). The third kappa shape index (κ3) is 3.82. The zero-order valence-electron chi connectivity index (χ0n) is 13.5. The minimum atomic E-state index is -0.875. The molecule has 1 aromatic heterocycles. The normalized spacial score (nSPS) is 11.9. The van der Waals surface area contributed by atoms with Crippen molar-refractivity contribution in [3.05, 3.63) is 65.7 Å². The summed E-state index contributed by atoms with van der Waals surface area (Å²) in [7, 11) is 1.25. The molecule has 0 aliphatic heterocycles. The predicted octanol–water partition coefficient (Wildman–Crippen LogP) is 2.22. The number of benzene rings is 2. The third-order valence-electron chi connectivity index (χ3n) is 3.83. The van der Waals surface area contributed by atoms with Gasteiger partial charge in [-0.3, -0.25) is 4.79 Å². The van der Waals surface area contributed by atoms with Crippen molar-refractivity contribution in [2.45, 2.75) is 12.5 Å². The molecule has 25 heavy (non-hydrogen) atoms. The summed E-state index contributed by atoms with van der Waals surface area (Å²) in [6.45, 7) is 0. The Kier molecular flexibility index (Phi) is 4.74. The van der Waals surface area contributed by atoms with Crippen LogP contribution in [-0.2, 0) is 16.0 Å². The number of methoxy groups -OCH3 is 1. The maximum atomic E-state index is 13.0. The maximum Gasteiger partial charge on any atom is 0.328 e. The molecule has 0 spiro atoms. The number of hydrogen-bond acceptors (Lipinski definition) is 4. The van der Waals surface area contributed by atoms with Crippen LogP contribution >= 0.6 is 0 Å². The first-order valence-electron chi connectivity index (χ1n) is 7.63. The molecule has 0 saturated heterocycles. The predicted molar refractivity (Wildman–Crippen MR) is 89.5 cm³/mol. The molecular weight excluding hydrogens is 325 g/mol. The molecule has 2 N–H and O–H groups in total. The highest BCUT2D eigenvalue weighted by atomic mass is 19.1. The van der Waals surface area contributed by atoms with Gasteiger partial charge in [-0.25, -0.2) is 14.2 Å². The van der Waals surface area contributed by atoms with Gasteiger partial charge in [0.15, 0.2) is 0 Å². The van der Waals surface area contributed by atoms with Gasteiger partial charge in [0.1, 0.15) is 11.9 Å². The van der Waals surface area contributed by atoms with Crippen molar-refractivity contribution in [2.75, 3.05) is 7.11 Å². The lowest BCUT2D eigenvalue weighted by molar-refractivity contribution is -0.142. The van der Waals surface area contributed by atoms with Crippen LogP contribution in [0.2, 0.25) is 0 Å². The van der Waals surface area contributed by atoms with E-state index in [0.29, 0.717) is 11.1 Å². The second kappa shape index (κ2) is 7.12. The molecule has 0 radical (unpaired) electrons. The quantitative estimate of drug-likeness (QED) is 0.697. The smallest absolute Gasteiger partial charge is 0.328 e. The third-order valence-corrected chi connectivity index (χ3v) is 3.83. The monoisotopic (exact) mass is 341 g/mol. The number of nitrogens with zero attached hydrogens (tertiary/aromatic N) is 1. The molecular formula is C18H16FN3O3. The number of fused-ring (bicyclic) bond motifs is 1. The van der Waals surface area contributed by atoms with E-state index in [2.05, 4.69) is 15.3 Å². The highest BCUT2D eigenvalue weighted by molar-refractivity contribution is 5.99. The van der Waals surface area contributed by atoms with Gasteiger partial charge in [-0.2, -0.15) is 0 Å². The zero-order valence-corrected chi connectivity index (χ0v) is 13.5. The summed E-state index contributed by atoms with van der Waals surface area (Å²) >= 11 is 0. The van der Waals surface area contributed by atoms with Crippen molar-refractivity contribution in [3.63, 3.8) is 0 Å². The van der Waals surface area contributed by atoms with Gasteiger partial charge in [0.05, 0.1) is 24.5 Å². The van der Waals surface area contributed by atoms with E-state index in [-0.39, 0.29) is 12.2 Å². The van der Waals surface area contributed by atoms with E-state index in [0.717, 1.165) is 11.0 Å². The number of aromatic nitrogens is 2. The molecule has 7 heteroatoms. The highest BCUT2D eigenvalue weighted by Crippen LogP contribution is 2.13. The molecule has 1 amide bonds. The van der Waals surface area contributed by atoms with Gasteiger partial charge in [0.25, 0.3) is 5.91 Å². The van der Waals surface area contributed by atoms with Crippen LogP contribution in [-0.4, -0.2) is 35.0 Å². The Morgan fingerprint density at radius 3 is 2.72 bits per heavy atom. The van der Waals surface area contributed by atoms with Crippen molar-refractivity contribution in [3.8, 4) is 0 Å². The molecule has 0 aliphatic carbocycles. The average Bonchev–Trinajstić information content (AvgIpc) is 3.09. The van der Waals surface area contributed by atoms with E-state index in [9.17, 15) is 14.0 Å². The number of rotatable bonds is 5. The fourth-order valence-corrected chi connectivity index (χ4v) is 2.51. The minimum Gasteiger partial charge on any atom is -0.467 e. The number of carbonyl (C=O) groups is 2. The molecule has 1 heterocycles. The Morgan fingerprint density at radius 2 is 2.00 bits per heavy atom. The lowest BCUT2D eigenvalue weighted by Crippen LogP contribution is -2.43. The molecule has 3 aromatic rings. The summed E-state index contributed by atoms with van der Waals surface area (Å²) in [5, 5.41) is 2.66. The van der Waals surface area contributed by atoms with E-state index in [1.54, 1.807) is 30.3 Å². The molecule has 0 fully saturated rings. The second-order valence-electron chi connectivity index (χ2n) is 5.51. The fourth-order valence-electron chi connectivity index (χ4n) is 2.51. The Morgan fingerprint density at radius 1 is 1.24 bits per heavy atom. The highest BCUT2D eigenvalue weighted by Gasteiger charge is 2.23. The Hall–Kier alpha value is -3.22. The molecule has 1 atom stereocenters. The first-order valence-corrected chi connectivity index (χ1v) is 7.63. The van der Waals surface area contributed by atoms with Crippen LogP contribution in [0.4, 0.5) is 4.39 Å². The summed E-state index contributed by atoms with van der Waals surface area (Å²) in [5.41, 5.74) is 2.57. The molecule has 0 unspecified atom stereocenters. The number of nitrogens with one attached hydrogen (secondary N) is 2. The second-order valence-corrected chi connectivity index (χ2v) is 5.51. The van der Waals surface area contributed by atoms with Crippen LogP contribution in [0.15, 0.2) is 48.8 Å². The van der Waals surface area contributed by atoms with E-state index < -0.39 is 17.9 Å². The van der Waals surface area contributed by atoms with Gasteiger partial charge in [-0.1, -0.05) is 12.1 Å². The fraction of sp³-hybridized carbons (Fsp3) is 0.167. The number of ether oxygens (including phenoxy) is 1. The minimum absolute atomic E-state index is 0.199. The topological polar surface area (TPSA) is 84.1 Å². The van der Waals surface area contributed by atoms with Gasteiger partial charge in [0.2, 0.25) is 0 Å². The molecule has 0 saturated carbocycles. The standard InChI is InChI=1S/C18H16FN3O3/c1-25-18(24)16(8-11-2-5-13(19)6-3-11)22-17(23)12-4-7-14-15(9-12)21-10-20-14/h2-7,9-10,16H,8H2,1H3,(H,20,21)(H,22,23)/t16-/m0/s1. The van der Waals surface area contributed by atoms with Gasteiger partial charge >= 0.3 is 5.97 Å². The van der Waals surface area contributed by atoms with Crippen LogP contribution < -0.4 is 5.32 Å². The van der Waals surface area contributed by atoms with Crippen molar-refractivity contribution >= 4 is 22.9 Å². The number of carbonyl (C=O) groups excluding carboxylic acids is 2. The first kappa shape index (κ1) is 16.6. The van der Waals surface area contributed by atoms with Gasteiger partial charge < -0.3 is 15.0 Å². The Bertz CT molecular complexity index is 905. The number of amides is 1. The first-order chi connectivity index (χ1) is 12.1. The molecule has 0 bridgehead atoms. The summed E-state index contributed by atoms with van der Waals surface area (Å²) in [6.07, 6.45) is 1.74. The Labute approximate surface area is 143 Å². The average molecular weight is 341 g/mol. The lowest BCUT2D eigenvalue weighted by atomic mass is 10.1. The number of halogens is 1. The van der Waals surface area contributed by atoms with Crippen molar-refractivity contribution in [2.24, 2.45) is 0 Å².